The van der Waals surface area contributed by atoms with E-state index in [9.17, 15) is 14.0 Å². The number of halogens is 1. The number of benzene rings is 1. The van der Waals surface area contributed by atoms with E-state index >= 15 is 0 Å². The summed E-state index contributed by atoms with van der Waals surface area (Å²) in [5.41, 5.74) is 9.53. The molecule has 11 heteroatoms. The number of hydrogen-bond acceptors (Lipinski definition) is 8. The van der Waals surface area contributed by atoms with Gasteiger partial charge in [0.1, 0.15) is 11.4 Å². The zero-order valence-corrected chi connectivity index (χ0v) is 28.2. The van der Waals surface area contributed by atoms with Crippen molar-refractivity contribution in [2.45, 2.75) is 91.6 Å². The fourth-order valence-corrected chi connectivity index (χ4v) is 6.86. The standard InChI is InChI=1S/C34H51FN6O4/c1-22-15-38(28(16-39-23(2)19-44-20-24(39)3)17-40(22)32(43)45-33(4,5)6)18-30(42)41-21-34(7,8)31-29(41)14-27(36-37-31)13-25-9-11-26(35)12-10-25/h9-12,14,22-24,28,36-37H,13,15-21H2,1-8H3/t22-,23-,24-,28+/m1/s1. The molecule has 0 aromatic heterocycles. The fourth-order valence-electron chi connectivity index (χ4n) is 6.86. The van der Waals surface area contributed by atoms with E-state index in [1.54, 1.807) is 12.1 Å². The zero-order chi connectivity index (χ0) is 32.7. The highest BCUT2D eigenvalue weighted by Crippen LogP contribution is 2.39. The molecule has 4 aliphatic rings. The lowest BCUT2D eigenvalue weighted by Crippen LogP contribution is -2.65. The molecule has 2 saturated heterocycles. The Hall–Kier alpha value is -3.15. The van der Waals surface area contributed by atoms with Crippen molar-refractivity contribution in [3.05, 3.63) is 58.8 Å². The molecule has 1 aromatic rings. The first-order chi connectivity index (χ1) is 21.1. The number of carbonyl (C=O) groups is 2. The molecule has 0 spiro atoms. The molecule has 0 radical (unpaired) electrons. The molecule has 248 valence electrons. The lowest BCUT2D eigenvalue weighted by Gasteiger charge is -2.49. The number of piperazine rings is 1. The highest BCUT2D eigenvalue weighted by Gasteiger charge is 2.44. The third-order valence-electron chi connectivity index (χ3n) is 9.24. The number of morpholine rings is 1. The third kappa shape index (κ3) is 7.64. The number of ether oxygens (including phenoxy) is 2. The first kappa shape index (κ1) is 33.2. The van der Waals surface area contributed by atoms with Gasteiger partial charge < -0.3 is 30.1 Å². The van der Waals surface area contributed by atoms with Crippen LogP contribution in [-0.4, -0.2) is 107 Å². The summed E-state index contributed by atoms with van der Waals surface area (Å²) in [7, 11) is 0. The largest absolute Gasteiger partial charge is 0.444 e. The average molecular weight is 627 g/mol. The van der Waals surface area contributed by atoms with Crippen LogP contribution in [0.15, 0.2) is 47.4 Å². The van der Waals surface area contributed by atoms with Crippen LogP contribution in [0.5, 0.6) is 0 Å². The summed E-state index contributed by atoms with van der Waals surface area (Å²) < 4.78 is 25.0. The summed E-state index contributed by atoms with van der Waals surface area (Å²) in [4.78, 5) is 35.9. The van der Waals surface area contributed by atoms with Gasteiger partial charge in [0.25, 0.3) is 0 Å². The van der Waals surface area contributed by atoms with Gasteiger partial charge in [-0.15, -0.1) is 0 Å². The quantitative estimate of drug-likeness (QED) is 0.493. The van der Waals surface area contributed by atoms with Crippen LogP contribution >= 0.6 is 0 Å². The van der Waals surface area contributed by atoms with Crippen molar-refractivity contribution in [2.24, 2.45) is 5.41 Å². The van der Waals surface area contributed by atoms with Crippen LogP contribution in [-0.2, 0) is 20.7 Å². The topological polar surface area (TPSA) is 89.6 Å². The van der Waals surface area contributed by atoms with Gasteiger partial charge in [-0.25, -0.2) is 9.18 Å². The number of allylic oxidation sites excluding steroid dienone is 2. The predicted octanol–water partition coefficient (Wildman–Crippen LogP) is 3.86. The minimum Gasteiger partial charge on any atom is -0.444 e. The smallest absolute Gasteiger partial charge is 0.410 e. The van der Waals surface area contributed by atoms with Gasteiger partial charge in [0, 0.05) is 67.9 Å². The molecule has 4 heterocycles. The van der Waals surface area contributed by atoms with E-state index in [2.05, 4.69) is 48.3 Å². The second-order valence-electron chi connectivity index (χ2n) is 14.8. The zero-order valence-electron chi connectivity index (χ0n) is 28.2. The van der Waals surface area contributed by atoms with Crippen LogP contribution in [0.4, 0.5) is 9.18 Å². The minimum atomic E-state index is -0.591. The molecular formula is C34H51FN6O4. The highest BCUT2D eigenvalue weighted by atomic mass is 19.1. The SMILES string of the molecule is C[C@@H]1CN(CC(=O)N2CC(C)(C)C3=C2C=C(Cc2ccc(F)cc2)NN3)[C@@H](CN2[C@H](C)COC[C@H]2C)CN1C(=O)OC(C)(C)C. The van der Waals surface area contributed by atoms with Gasteiger partial charge in [0.05, 0.1) is 31.2 Å². The van der Waals surface area contributed by atoms with Crippen LogP contribution in [0.25, 0.3) is 0 Å². The van der Waals surface area contributed by atoms with Crippen LogP contribution in [0.1, 0.15) is 61.0 Å². The molecule has 5 rings (SSSR count). The van der Waals surface area contributed by atoms with Crippen molar-refractivity contribution in [1.29, 1.82) is 0 Å². The van der Waals surface area contributed by atoms with Gasteiger partial charge in [-0.05, 0) is 65.3 Å². The van der Waals surface area contributed by atoms with Gasteiger partial charge >= 0.3 is 6.09 Å². The first-order valence-corrected chi connectivity index (χ1v) is 16.2. The molecule has 0 unspecified atom stereocenters. The van der Waals surface area contributed by atoms with Crippen LogP contribution in [0.3, 0.4) is 0 Å². The highest BCUT2D eigenvalue weighted by molar-refractivity contribution is 5.82. The molecule has 4 atom stereocenters. The Kier molecular flexibility index (Phi) is 9.54. The first-order valence-electron chi connectivity index (χ1n) is 16.2. The Balaban J connectivity index is 1.36. The summed E-state index contributed by atoms with van der Waals surface area (Å²) in [6, 6.07) is 6.77. The van der Waals surface area contributed by atoms with E-state index in [0.717, 1.165) is 29.2 Å². The number of rotatable bonds is 6. The van der Waals surface area contributed by atoms with Gasteiger partial charge in [0.15, 0.2) is 0 Å². The monoisotopic (exact) mass is 626 g/mol. The van der Waals surface area contributed by atoms with Gasteiger partial charge in [-0.1, -0.05) is 26.0 Å². The summed E-state index contributed by atoms with van der Waals surface area (Å²) >= 11 is 0. The van der Waals surface area contributed by atoms with Crippen molar-refractivity contribution in [3.8, 4) is 0 Å². The Bertz CT molecular complexity index is 1310. The van der Waals surface area contributed by atoms with E-state index in [1.165, 1.54) is 12.1 Å². The predicted molar refractivity (Wildman–Crippen MR) is 171 cm³/mol. The molecule has 0 saturated carbocycles. The summed E-state index contributed by atoms with van der Waals surface area (Å²) in [5, 5.41) is 0. The summed E-state index contributed by atoms with van der Waals surface area (Å²) in [6.45, 7) is 20.2. The average Bonchev–Trinajstić information content (AvgIpc) is 3.22. The maximum Gasteiger partial charge on any atom is 0.410 e. The molecule has 2 fully saturated rings. The van der Waals surface area contributed by atoms with Crippen molar-refractivity contribution in [2.75, 3.05) is 45.9 Å². The van der Waals surface area contributed by atoms with Gasteiger partial charge in [-0.2, -0.15) is 0 Å². The van der Waals surface area contributed by atoms with Gasteiger partial charge in [-0.3, -0.25) is 14.6 Å². The lowest BCUT2D eigenvalue weighted by molar-refractivity contribution is -0.132. The van der Waals surface area contributed by atoms with E-state index in [0.29, 0.717) is 39.3 Å². The Labute approximate surface area is 267 Å². The second kappa shape index (κ2) is 12.9. The second-order valence-corrected chi connectivity index (χ2v) is 14.8. The molecule has 0 aliphatic carbocycles. The Morgan fingerprint density at radius 3 is 2.33 bits per heavy atom. The minimum absolute atomic E-state index is 0.0279. The van der Waals surface area contributed by atoms with Crippen LogP contribution in [0.2, 0.25) is 0 Å². The van der Waals surface area contributed by atoms with E-state index in [1.807, 2.05) is 43.6 Å². The number of hydrazine groups is 1. The van der Waals surface area contributed by atoms with E-state index < -0.39 is 5.60 Å². The molecule has 45 heavy (non-hydrogen) atoms. The van der Waals surface area contributed by atoms with Gasteiger partial charge in [0.2, 0.25) is 5.91 Å². The van der Waals surface area contributed by atoms with Crippen molar-refractivity contribution >= 4 is 12.0 Å². The number of amides is 2. The van der Waals surface area contributed by atoms with E-state index in [4.69, 9.17) is 9.47 Å². The van der Waals surface area contributed by atoms with E-state index in [-0.39, 0.29) is 53.9 Å². The normalized spacial score (nSPS) is 27.4. The number of carbonyl (C=O) groups excluding carboxylic acids is 2. The van der Waals surface area contributed by atoms with Crippen molar-refractivity contribution in [1.82, 2.24) is 30.5 Å². The lowest BCUT2D eigenvalue weighted by atomic mass is 9.91. The molecule has 4 aliphatic heterocycles. The molecule has 2 N–H and O–H groups in total. The molecule has 2 amide bonds. The van der Waals surface area contributed by atoms with Crippen molar-refractivity contribution < 1.29 is 23.5 Å². The maximum atomic E-state index is 14.2. The molecule has 10 nitrogen and oxygen atoms in total. The number of hydrogen-bond donors (Lipinski definition) is 2. The Morgan fingerprint density at radius 1 is 1.02 bits per heavy atom. The molecule has 0 bridgehead atoms. The van der Waals surface area contributed by atoms with Crippen molar-refractivity contribution in [3.63, 3.8) is 0 Å². The third-order valence-corrected chi connectivity index (χ3v) is 9.24. The maximum absolute atomic E-state index is 14.2. The molecular weight excluding hydrogens is 575 g/mol. The molecule has 1 aromatic carbocycles. The van der Waals surface area contributed by atoms with Crippen LogP contribution in [0, 0.1) is 11.2 Å². The summed E-state index contributed by atoms with van der Waals surface area (Å²) in [6.07, 6.45) is 2.30. The summed E-state index contributed by atoms with van der Waals surface area (Å²) in [5.74, 6) is -0.237. The fraction of sp³-hybridized carbons (Fsp3) is 0.647. The van der Waals surface area contributed by atoms with Crippen LogP contribution < -0.4 is 10.9 Å². The number of nitrogens with one attached hydrogen (secondary N) is 2. The number of nitrogens with zero attached hydrogens (tertiary/aromatic N) is 4. The Morgan fingerprint density at radius 2 is 1.69 bits per heavy atom.